The first kappa shape index (κ1) is 21.5. The van der Waals surface area contributed by atoms with Crippen LogP contribution < -0.4 is 21.8 Å². The van der Waals surface area contributed by atoms with Crippen LogP contribution in [0.25, 0.3) is 0 Å². The van der Waals surface area contributed by atoms with Crippen molar-refractivity contribution in [3.05, 3.63) is 117 Å². The van der Waals surface area contributed by atoms with E-state index in [9.17, 15) is 19.2 Å². The quantitative estimate of drug-likeness (QED) is 0.392. The molecule has 8 heteroatoms. The molecule has 0 aliphatic carbocycles. The number of hydrogen-bond donors (Lipinski definition) is 0. The van der Waals surface area contributed by atoms with Gasteiger partial charge < -0.3 is 4.74 Å². The minimum atomic E-state index is -0.868. The highest BCUT2D eigenvalue weighted by molar-refractivity contribution is 5.96. The molecule has 8 nitrogen and oxygen atoms in total. The molecule has 0 aliphatic heterocycles. The molecule has 0 spiro atoms. The molecule has 2 aromatic carbocycles. The van der Waals surface area contributed by atoms with Crippen LogP contribution in [0, 0.1) is 0 Å². The van der Waals surface area contributed by atoms with Gasteiger partial charge in [0, 0.05) is 5.56 Å². The predicted octanol–water partition coefficient (Wildman–Crippen LogP) is 2.22. The molecular weight excluding hydrogens is 398 g/mol. The summed E-state index contributed by atoms with van der Waals surface area (Å²) >= 11 is 0. The summed E-state index contributed by atoms with van der Waals surface area (Å²) in [6.45, 7) is 6.35. The summed E-state index contributed by atoms with van der Waals surface area (Å²) in [4.78, 5) is 50.4. The van der Waals surface area contributed by atoms with Crippen LogP contribution in [0.3, 0.4) is 0 Å². The number of hydrogen-bond acceptors (Lipinski definition) is 5. The van der Waals surface area contributed by atoms with Crippen LogP contribution in [0.4, 0.5) is 0 Å². The summed E-state index contributed by atoms with van der Waals surface area (Å²) < 4.78 is 8.13. The summed E-state index contributed by atoms with van der Waals surface area (Å²) in [7, 11) is 0. The fraction of sp³-hybridized carbons (Fsp3) is 0.130. The number of ether oxygens (including phenoxy) is 1. The molecule has 0 atom stereocenters. The number of allylic oxidation sites excluding steroid dienone is 2. The summed E-state index contributed by atoms with van der Waals surface area (Å²) in [5.41, 5.74) is -2.22. The van der Waals surface area contributed by atoms with E-state index >= 15 is 0 Å². The van der Waals surface area contributed by atoms with Crippen molar-refractivity contribution in [3.63, 3.8) is 0 Å². The highest BCUT2D eigenvalue weighted by atomic mass is 16.5. The van der Waals surface area contributed by atoms with E-state index in [1.165, 1.54) is 12.2 Å². The van der Waals surface area contributed by atoms with E-state index in [0.29, 0.717) is 17.1 Å². The smallest absolute Gasteiger partial charge is 0.337 e. The molecule has 1 heterocycles. The SMILES string of the molecule is C=CCn1c(=O)n(CC=C)c(=O)n(CC(=O)c2ccc(Oc3ccccc3)cc2)c1=O. The molecule has 0 saturated heterocycles. The molecule has 0 unspecified atom stereocenters. The van der Waals surface area contributed by atoms with Crippen LogP contribution in [0.15, 0.2) is 94.3 Å². The van der Waals surface area contributed by atoms with Gasteiger partial charge in [-0.15, -0.1) is 13.2 Å². The molecule has 0 fully saturated rings. The van der Waals surface area contributed by atoms with Crippen molar-refractivity contribution >= 4 is 5.78 Å². The minimum absolute atomic E-state index is 0.0885. The second kappa shape index (κ2) is 9.53. The lowest BCUT2D eigenvalue weighted by molar-refractivity contribution is 0.0966. The predicted molar refractivity (Wildman–Crippen MR) is 117 cm³/mol. The zero-order valence-electron chi connectivity index (χ0n) is 16.8. The Bertz CT molecular complexity index is 1230. The van der Waals surface area contributed by atoms with E-state index in [-0.39, 0.29) is 13.1 Å². The van der Waals surface area contributed by atoms with Crippen molar-refractivity contribution in [2.24, 2.45) is 0 Å². The highest BCUT2D eigenvalue weighted by Gasteiger charge is 2.17. The van der Waals surface area contributed by atoms with Crippen molar-refractivity contribution in [2.75, 3.05) is 0 Å². The van der Waals surface area contributed by atoms with Gasteiger partial charge in [-0.25, -0.2) is 28.1 Å². The Labute approximate surface area is 177 Å². The maximum Gasteiger partial charge on any atom is 0.337 e. The van der Waals surface area contributed by atoms with E-state index in [1.807, 2.05) is 18.2 Å². The third-order valence-corrected chi connectivity index (χ3v) is 4.47. The van der Waals surface area contributed by atoms with Gasteiger partial charge in [0.1, 0.15) is 11.5 Å². The number of carbonyl (C=O) groups is 1. The molecule has 31 heavy (non-hydrogen) atoms. The zero-order chi connectivity index (χ0) is 22.4. The molecule has 1 aromatic heterocycles. The van der Waals surface area contributed by atoms with Crippen LogP contribution in [0.2, 0.25) is 0 Å². The molecule has 0 saturated carbocycles. The third-order valence-electron chi connectivity index (χ3n) is 4.47. The van der Waals surface area contributed by atoms with Gasteiger partial charge in [-0.05, 0) is 36.4 Å². The number of carbonyl (C=O) groups excluding carboxylic acids is 1. The molecule has 3 aromatic rings. The van der Waals surface area contributed by atoms with Gasteiger partial charge in [0.25, 0.3) is 0 Å². The lowest BCUT2D eigenvalue weighted by atomic mass is 10.1. The third kappa shape index (κ3) is 4.69. The van der Waals surface area contributed by atoms with E-state index in [4.69, 9.17) is 4.74 Å². The minimum Gasteiger partial charge on any atom is -0.457 e. The van der Waals surface area contributed by atoms with E-state index in [0.717, 1.165) is 13.7 Å². The Kier molecular flexibility index (Phi) is 6.61. The number of Topliss-reactive ketones (excluding diaryl/α,β-unsaturated/α-hetero) is 1. The second-order valence-electron chi connectivity index (χ2n) is 6.60. The first-order valence-electron chi connectivity index (χ1n) is 9.48. The molecule has 3 rings (SSSR count). The number of benzene rings is 2. The van der Waals surface area contributed by atoms with Gasteiger partial charge in [-0.2, -0.15) is 0 Å². The molecule has 158 valence electrons. The molecule has 0 radical (unpaired) electrons. The van der Waals surface area contributed by atoms with Crippen LogP contribution >= 0.6 is 0 Å². The van der Waals surface area contributed by atoms with Crippen LogP contribution in [0.5, 0.6) is 11.5 Å². The van der Waals surface area contributed by atoms with E-state index in [1.54, 1.807) is 36.4 Å². The van der Waals surface area contributed by atoms with Gasteiger partial charge in [0.05, 0.1) is 19.6 Å². The van der Waals surface area contributed by atoms with E-state index in [2.05, 4.69) is 13.2 Å². The Balaban J connectivity index is 1.90. The van der Waals surface area contributed by atoms with Gasteiger partial charge in [-0.1, -0.05) is 30.4 Å². The summed E-state index contributed by atoms with van der Waals surface area (Å²) in [6, 6.07) is 15.5. The van der Waals surface area contributed by atoms with Crippen LogP contribution in [0.1, 0.15) is 10.4 Å². The monoisotopic (exact) mass is 419 g/mol. The van der Waals surface area contributed by atoms with Gasteiger partial charge >= 0.3 is 17.1 Å². The highest BCUT2D eigenvalue weighted by Crippen LogP contribution is 2.21. The van der Waals surface area contributed by atoms with Crippen molar-refractivity contribution in [1.29, 1.82) is 0 Å². The summed E-state index contributed by atoms with van der Waals surface area (Å²) in [6.07, 6.45) is 2.73. The Morgan fingerprint density at radius 1 is 0.742 bits per heavy atom. The summed E-state index contributed by atoms with van der Waals surface area (Å²) in [5.74, 6) is 0.729. The number of aromatic nitrogens is 3. The number of nitrogens with zero attached hydrogens (tertiary/aromatic N) is 3. The van der Waals surface area contributed by atoms with E-state index < -0.39 is 29.4 Å². The number of ketones is 1. The standard InChI is InChI=1S/C23H21N3O5/c1-3-14-24-21(28)25(15-4-2)23(30)26(22(24)29)16-20(27)17-10-12-19(13-11-17)31-18-8-6-5-7-9-18/h3-13H,1-2,14-16H2. The maximum absolute atomic E-state index is 12.7. The van der Waals surface area contributed by atoms with Crippen molar-refractivity contribution < 1.29 is 9.53 Å². The molecule has 0 N–H and O–H groups in total. The average Bonchev–Trinajstić information content (AvgIpc) is 2.78. The molecule has 0 amide bonds. The summed E-state index contributed by atoms with van der Waals surface area (Å²) in [5, 5.41) is 0. The lowest BCUT2D eigenvalue weighted by Gasteiger charge is -2.12. The van der Waals surface area contributed by atoms with Crippen molar-refractivity contribution in [3.8, 4) is 11.5 Å². The van der Waals surface area contributed by atoms with Crippen LogP contribution in [-0.4, -0.2) is 19.5 Å². The van der Waals surface area contributed by atoms with Gasteiger partial charge in [-0.3, -0.25) is 4.79 Å². The van der Waals surface area contributed by atoms with Crippen LogP contribution in [-0.2, 0) is 19.6 Å². The largest absolute Gasteiger partial charge is 0.457 e. The Morgan fingerprint density at radius 2 is 1.23 bits per heavy atom. The number of para-hydroxylation sites is 1. The maximum atomic E-state index is 12.7. The normalized spacial score (nSPS) is 10.5. The molecule has 0 bridgehead atoms. The van der Waals surface area contributed by atoms with Gasteiger partial charge in [0.15, 0.2) is 5.78 Å². The number of rotatable bonds is 9. The lowest BCUT2D eigenvalue weighted by Crippen LogP contribution is -2.55. The first-order chi connectivity index (χ1) is 15.0. The average molecular weight is 419 g/mol. The Hall–Kier alpha value is -4.20. The fourth-order valence-electron chi connectivity index (χ4n) is 2.96. The molecular formula is C23H21N3O5. The Morgan fingerprint density at radius 3 is 1.74 bits per heavy atom. The van der Waals surface area contributed by atoms with Crippen molar-refractivity contribution in [2.45, 2.75) is 19.6 Å². The first-order valence-corrected chi connectivity index (χ1v) is 9.48. The van der Waals surface area contributed by atoms with Crippen molar-refractivity contribution in [1.82, 2.24) is 13.7 Å². The fourth-order valence-corrected chi connectivity index (χ4v) is 2.96. The topological polar surface area (TPSA) is 92.3 Å². The van der Waals surface area contributed by atoms with Gasteiger partial charge in [0.2, 0.25) is 0 Å². The second-order valence-corrected chi connectivity index (χ2v) is 6.60. The molecule has 0 aliphatic rings. The zero-order valence-corrected chi connectivity index (χ0v) is 16.8.